The van der Waals surface area contributed by atoms with Gasteiger partial charge in [-0.25, -0.2) is 0 Å². The van der Waals surface area contributed by atoms with Crippen LogP contribution in [0.1, 0.15) is 13.3 Å². The van der Waals surface area contributed by atoms with E-state index in [1.807, 2.05) is 11.8 Å². The van der Waals surface area contributed by atoms with Crippen LogP contribution in [0.2, 0.25) is 0 Å². The molecule has 74 valence electrons. The van der Waals surface area contributed by atoms with Gasteiger partial charge < -0.3 is 10.1 Å². The Morgan fingerprint density at radius 2 is 2.62 bits per heavy atom. The molecule has 1 heterocycles. The van der Waals surface area contributed by atoms with Crippen LogP contribution in [0.3, 0.4) is 0 Å². The van der Waals surface area contributed by atoms with Crippen LogP contribution in [0, 0.1) is 12.3 Å². The largest absolute Gasteiger partial charge is 0.374 e. The summed E-state index contributed by atoms with van der Waals surface area (Å²) in [5, 5.41) is 3.31. The molecule has 3 heteroatoms. The Morgan fingerprint density at radius 3 is 3.15 bits per heavy atom. The molecule has 13 heavy (non-hydrogen) atoms. The second kappa shape index (κ2) is 6.31. The van der Waals surface area contributed by atoms with Crippen LogP contribution in [0.5, 0.6) is 0 Å². The first-order valence-corrected chi connectivity index (χ1v) is 5.92. The van der Waals surface area contributed by atoms with Gasteiger partial charge in [0.15, 0.2) is 0 Å². The topological polar surface area (TPSA) is 21.3 Å². The molecule has 1 saturated heterocycles. The molecule has 0 aromatic rings. The molecule has 0 spiro atoms. The molecule has 1 fully saturated rings. The van der Waals surface area contributed by atoms with E-state index < -0.39 is 0 Å². The van der Waals surface area contributed by atoms with Gasteiger partial charge >= 0.3 is 0 Å². The fourth-order valence-corrected chi connectivity index (χ4v) is 2.20. The summed E-state index contributed by atoms with van der Waals surface area (Å²) in [7, 11) is 0. The number of thioether (sulfide) groups is 1. The van der Waals surface area contributed by atoms with Gasteiger partial charge in [-0.1, -0.05) is 12.8 Å². The second-order valence-electron chi connectivity index (χ2n) is 3.08. The minimum Gasteiger partial charge on any atom is -0.374 e. The maximum Gasteiger partial charge on any atom is 0.0960 e. The van der Waals surface area contributed by atoms with Crippen molar-refractivity contribution in [2.24, 2.45) is 0 Å². The van der Waals surface area contributed by atoms with E-state index in [-0.39, 0.29) is 12.1 Å². The summed E-state index contributed by atoms with van der Waals surface area (Å²) in [6, 6.07) is 0.0905. The summed E-state index contributed by atoms with van der Waals surface area (Å²) in [5.41, 5.74) is 0. The lowest BCUT2D eigenvalue weighted by atomic mass is 10.2. The smallest absolute Gasteiger partial charge is 0.0960 e. The number of nitrogens with one attached hydrogen (secondary N) is 1. The van der Waals surface area contributed by atoms with E-state index >= 15 is 0 Å². The fourth-order valence-electron chi connectivity index (χ4n) is 1.30. The summed E-state index contributed by atoms with van der Waals surface area (Å²) in [6.07, 6.45) is 6.76. The normalized spacial score (nSPS) is 25.1. The van der Waals surface area contributed by atoms with Crippen LogP contribution < -0.4 is 5.32 Å². The third-order valence-electron chi connectivity index (χ3n) is 2.01. The van der Waals surface area contributed by atoms with Gasteiger partial charge in [0.1, 0.15) is 0 Å². The molecule has 1 aliphatic rings. The molecule has 0 aliphatic carbocycles. The average molecular weight is 199 g/mol. The highest BCUT2D eigenvalue weighted by Crippen LogP contribution is 2.15. The molecule has 0 bridgehead atoms. The van der Waals surface area contributed by atoms with Crippen molar-refractivity contribution in [1.29, 1.82) is 0 Å². The maximum absolute atomic E-state index is 5.60. The van der Waals surface area contributed by atoms with Crippen molar-refractivity contribution in [2.75, 3.05) is 24.7 Å². The van der Waals surface area contributed by atoms with Gasteiger partial charge in [0.25, 0.3) is 0 Å². The van der Waals surface area contributed by atoms with Gasteiger partial charge in [0.2, 0.25) is 0 Å². The zero-order chi connectivity index (χ0) is 9.52. The summed E-state index contributed by atoms with van der Waals surface area (Å²) in [5.74, 6) is 4.88. The van der Waals surface area contributed by atoms with E-state index in [2.05, 4.69) is 18.2 Å². The van der Waals surface area contributed by atoms with E-state index in [0.717, 1.165) is 31.1 Å². The monoisotopic (exact) mass is 199 g/mol. The highest BCUT2D eigenvalue weighted by molar-refractivity contribution is 7.99. The minimum absolute atomic E-state index is 0.0905. The van der Waals surface area contributed by atoms with Crippen molar-refractivity contribution >= 4 is 11.8 Å². The molecule has 0 aromatic carbocycles. The van der Waals surface area contributed by atoms with Gasteiger partial charge in [-0.15, -0.1) is 6.42 Å². The lowest BCUT2D eigenvalue weighted by molar-refractivity contribution is 0.0609. The first kappa shape index (κ1) is 10.9. The molecule has 0 aromatic heterocycles. The van der Waals surface area contributed by atoms with Crippen LogP contribution in [0.25, 0.3) is 0 Å². The van der Waals surface area contributed by atoms with Crippen LogP contribution >= 0.6 is 11.8 Å². The Kier molecular flexibility index (Phi) is 5.29. The molecule has 0 radical (unpaired) electrons. The molecule has 1 N–H and O–H groups in total. The first-order chi connectivity index (χ1) is 6.38. The predicted molar refractivity (Wildman–Crippen MR) is 58.0 cm³/mol. The van der Waals surface area contributed by atoms with Gasteiger partial charge in [0.05, 0.1) is 18.8 Å². The SMILES string of the molecule is C#CC(NCCC)C1CSCCO1. The van der Waals surface area contributed by atoms with Crippen molar-refractivity contribution in [2.45, 2.75) is 25.5 Å². The van der Waals surface area contributed by atoms with E-state index in [9.17, 15) is 0 Å². The molecular weight excluding hydrogens is 182 g/mol. The molecule has 2 atom stereocenters. The van der Waals surface area contributed by atoms with Crippen molar-refractivity contribution < 1.29 is 4.74 Å². The third-order valence-corrected chi connectivity index (χ3v) is 3.03. The Morgan fingerprint density at radius 1 is 1.77 bits per heavy atom. The Balaban J connectivity index is 2.31. The first-order valence-electron chi connectivity index (χ1n) is 4.77. The summed E-state index contributed by atoms with van der Waals surface area (Å²) in [4.78, 5) is 0. The summed E-state index contributed by atoms with van der Waals surface area (Å²) < 4.78 is 5.60. The van der Waals surface area contributed by atoms with E-state index in [0.29, 0.717) is 0 Å². The zero-order valence-electron chi connectivity index (χ0n) is 8.08. The molecule has 1 aliphatic heterocycles. The summed E-state index contributed by atoms with van der Waals surface area (Å²) >= 11 is 1.92. The van der Waals surface area contributed by atoms with E-state index in [4.69, 9.17) is 11.2 Å². The quantitative estimate of drug-likeness (QED) is 0.686. The number of terminal acetylenes is 1. The van der Waals surface area contributed by atoms with Crippen LogP contribution in [-0.2, 0) is 4.74 Å². The van der Waals surface area contributed by atoms with Crippen molar-refractivity contribution in [3.63, 3.8) is 0 Å². The number of ether oxygens (including phenoxy) is 1. The third kappa shape index (κ3) is 3.60. The Bertz CT molecular complexity index is 172. The van der Waals surface area contributed by atoms with Crippen LogP contribution in [0.4, 0.5) is 0 Å². The standard InChI is InChI=1S/C10H17NOS/c1-3-5-11-9(4-2)10-8-13-7-6-12-10/h2,9-11H,3,5-8H2,1H3. The Labute approximate surface area is 84.8 Å². The van der Waals surface area contributed by atoms with Crippen LogP contribution in [0.15, 0.2) is 0 Å². The van der Waals surface area contributed by atoms with Gasteiger partial charge in [0, 0.05) is 11.5 Å². The number of hydrogen-bond donors (Lipinski definition) is 1. The zero-order valence-corrected chi connectivity index (χ0v) is 8.90. The predicted octanol–water partition coefficient (Wildman–Crippen LogP) is 1.12. The molecule has 2 nitrogen and oxygen atoms in total. The van der Waals surface area contributed by atoms with Crippen molar-refractivity contribution in [3.05, 3.63) is 0 Å². The van der Waals surface area contributed by atoms with Gasteiger partial charge in [-0.2, -0.15) is 11.8 Å². The van der Waals surface area contributed by atoms with Gasteiger partial charge in [-0.05, 0) is 13.0 Å². The highest BCUT2D eigenvalue weighted by atomic mass is 32.2. The molecular formula is C10H17NOS. The fraction of sp³-hybridized carbons (Fsp3) is 0.800. The molecule has 2 unspecified atom stereocenters. The Hall–Kier alpha value is -0.170. The molecule has 0 saturated carbocycles. The molecule has 1 rings (SSSR count). The number of rotatable bonds is 4. The lowest BCUT2D eigenvalue weighted by Gasteiger charge is -2.27. The average Bonchev–Trinajstić information content (AvgIpc) is 2.21. The van der Waals surface area contributed by atoms with Gasteiger partial charge in [-0.3, -0.25) is 0 Å². The van der Waals surface area contributed by atoms with E-state index in [1.165, 1.54) is 0 Å². The van der Waals surface area contributed by atoms with Crippen LogP contribution in [-0.4, -0.2) is 36.8 Å². The van der Waals surface area contributed by atoms with Crippen molar-refractivity contribution in [1.82, 2.24) is 5.32 Å². The number of hydrogen-bond acceptors (Lipinski definition) is 3. The molecule has 0 amide bonds. The maximum atomic E-state index is 5.60. The van der Waals surface area contributed by atoms with E-state index in [1.54, 1.807) is 0 Å². The second-order valence-corrected chi connectivity index (χ2v) is 4.23. The minimum atomic E-state index is 0.0905. The lowest BCUT2D eigenvalue weighted by Crippen LogP contribution is -2.44. The summed E-state index contributed by atoms with van der Waals surface area (Å²) in [6.45, 7) is 3.94. The van der Waals surface area contributed by atoms with Crippen molar-refractivity contribution in [3.8, 4) is 12.3 Å². The highest BCUT2D eigenvalue weighted by Gasteiger charge is 2.22.